The molecule has 0 atom stereocenters. The maximum Gasteiger partial charge on any atom is 0.354 e. The molecule has 5 heteroatoms. The van der Waals surface area contributed by atoms with E-state index in [0.717, 1.165) is 6.42 Å². The molecule has 17 heavy (non-hydrogen) atoms. The number of esters is 2. The van der Waals surface area contributed by atoms with Gasteiger partial charge in [-0.25, -0.2) is 9.59 Å². The first-order valence-electron chi connectivity index (χ1n) is 5.39. The fourth-order valence-electron chi connectivity index (χ4n) is 1.58. The zero-order valence-corrected chi connectivity index (χ0v) is 10.3. The van der Waals surface area contributed by atoms with Crippen LogP contribution >= 0.6 is 0 Å². The molecule has 1 heterocycles. The number of carbonyl (C=O) groups excluding carboxylic acids is 2. The Morgan fingerprint density at radius 3 is 2.47 bits per heavy atom. The Bertz CT molecular complexity index is 382. The van der Waals surface area contributed by atoms with Crippen LogP contribution in [-0.2, 0) is 19.1 Å². The van der Waals surface area contributed by atoms with Gasteiger partial charge in [0.1, 0.15) is 5.70 Å². The van der Waals surface area contributed by atoms with Gasteiger partial charge in [0.15, 0.2) is 0 Å². The fourth-order valence-corrected chi connectivity index (χ4v) is 1.58. The van der Waals surface area contributed by atoms with Gasteiger partial charge in [-0.05, 0) is 13.3 Å². The number of methoxy groups -OCH3 is 2. The van der Waals surface area contributed by atoms with Gasteiger partial charge in [-0.3, -0.25) is 0 Å². The van der Waals surface area contributed by atoms with E-state index in [0.29, 0.717) is 18.5 Å². The van der Waals surface area contributed by atoms with Gasteiger partial charge < -0.3 is 14.8 Å². The smallest absolute Gasteiger partial charge is 0.354 e. The van der Waals surface area contributed by atoms with E-state index in [1.165, 1.54) is 19.8 Å². The summed E-state index contributed by atoms with van der Waals surface area (Å²) in [4.78, 5) is 23.2. The van der Waals surface area contributed by atoms with Gasteiger partial charge in [0, 0.05) is 13.0 Å². The van der Waals surface area contributed by atoms with Gasteiger partial charge in [0.25, 0.3) is 0 Å². The zero-order valence-electron chi connectivity index (χ0n) is 10.3. The lowest BCUT2D eigenvalue weighted by atomic mass is 10.0. The molecule has 94 valence electrons. The highest BCUT2D eigenvalue weighted by atomic mass is 16.5. The first-order valence-corrected chi connectivity index (χ1v) is 5.39. The Kier molecular flexibility index (Phi) is 4.75. The van der Waals surface area contributed by atoms with Crippen LogP contribution in [0.3, 0.4) is 0 Å². The van der Waals surface area contributed by atoms with Gasteiger partial charge in [0.2, 0.25) is 0 Å². The molecule has 0 fully saturated rings. The SMILES string of the molecule is COC(=O)/C1=C(\C(=O)OC)NCC/C(C)=C\C1. The van der Waals surface area contributed by atoms with E-state index in [1.807, 2.05) is 13.0 Å². The Labute approximate surface area is 100 Å². The molecule has 0 aromatic heterocycles. The van der Waals surface area contributed by atoms with Crippen molar-refractivity contribution in [3.8, 4) is 0 Å². The summed E-state index contributed by atoms with van der Waals surface area (Å²) in [5.41, 5.74) is 1.67. The van der Waals surface area contributed by atoms with Crippen LogP contribution in [0.25, 0.3) is 0 Å². The van der Waals surface area contributed by atoms with Crippen molar-refractivity contribution in [2.24, 2.45) is 0 Å². The highest BCUT2D eigenvalue weighted by Crippen LogP contribution is 2.16. The van der Waals surface area contributed by atoms with Crippen molar-refractivity contribution >= 4 is 11.9 Å². The predicted molar refractivity (Wildman–Crippen MR) is 62.1 cm³/mol. The summed E-state index contributed by atoms with van der Waals surface area (Å²) in [5, 5.41) is 2.93. The van der Waals surface area contributed by atoms with Crippen molar-refractivity contribution in [2.75, 3.05) is 20.8 Å². The molecule has 1 rings (SSSR count). The molecule has 5 nitrogen and oxygen atoms in total. The van der Waals surface area contributed by atoms with E-state index in [4.69, 9.17) is 0 Å². The first kappa shape index (κ1) is 13.3. The van der Waals surface area contributed by atoms with Crippen molar-refractivity contribution in [3.05, 3.63) is 22.9 Å². The maximum atomic E-state index is 11.6. The third-order valence-corrected chi connectivity index (χ3v) is 2.60. The summed E-state index contributed by atoms with van der Waals surface area (Å²) in [7, 11) is 2.57. The van der Waals surface area contributed by atoms with Crippen LogP contribution in [0.4, 0.5) is 0 Å². The molecule has 0 bridgehead atoms. The molecule has 1 N–H and O–H groups in total. The topological polar surface area (TPSA) is 64.6 Å². The van der Waals surface area contributed by atoms with Crippen LogP contribution in [0, 0.1) is 0 Å². The van der Waals surface area contributed by atoms with Gasteiger partial charge in [-0.2, -0.15) is 0 Å². The average molecular weight is 239 g/mol. The minimum absolute atomic E-state index is 0.197. The predicted octanol–water partition coefficient (Wildman–Crippen LogP) is 0.916. The van der Waals surface area contributed by atoms with Crippen LogP contribution in [0.5, 0.6) is 0 Å². The number of carbonyl (C=O) groups is 2. The third-order valence-electron chi connectivity index (χ3n) is 2.60. The van der Waals surface area contributed by atoms with E-state index in [2.05, 4.69) is 14.8 Å². The number of rotatable bonds is 2. The lowest BCUT2D eigenvalue weighted by molar-refractivity contribution is -0.139. The van der Waals surface area contributed by atoms with Gasteiger partial charge in [-0.15, -0.1) is 0 Å². The summed E-state index contributed by atoms with van der Waals surface area (Å²) in [6, 6.07) is 0. The normalized spacial score (nSPS) is 23.6. The molecule has 0 saturated heterocycles. The van der Waals surface area contributed by atoms with Crippen molar-refractivity contribution < 1.29 is 19.1 Å². The highest BCUT2D eigenvalue weighted by Gasteiger charge is 2.22. The first-order chi connectivity index (χ1) is 8.10. The Hall–Kier alpha value is -1.78. The number of hydrogen-bond acceptors (Lipinski definition) is 5. The molecular formula is C12H17NO4. The standard InChI is InChI=1S/C12H17NO4/c1-8-4-5-9(11(14)16-2)10(12(15)17-3)13-7-6-8/h4,13H,5-7H2,1-3H3/b8-4-,10-9+. The zero-order chi connectivity index (χ0) is 12.8. The summed E-state index contributed by atoms with van der Waals surface area (Å²) in [5.74, 6) is -1.05. The second kappa shape index (κ2) is 6.08. The number of nitrogens with one attached hydrogen (secondary N) is 1. The monoisotopic (exact) mass is 239 g/mol. The number of allylic oxidation sites excluding steroid dienone is 1. The average Bonchev–Trinajstić information content (AvgIpc) is 2.32. The Morgan fingerprint density at radius 2 is 1.88 bits per heavy atom. The van der Waals surface area contributed by atoms with Crippen LogP contribution in [-0.4, -0.2) is 32.7 Å². The fraction of sp³-hybridized carbons (Fsp3) is 0.500. The van der Waals surface area contributed by atoms with Crippen molar-refractivity contribution in [3.63, 3.8) is 0 Å². The maximum absolute atomic E-state index is 11.6. The lowest BCUT2D eigenvalue weighted by Crippen LogP contribution is -2.28. The van der Waals surface area contributed by atoms with Gasteiger partial charge in [0.05, 0.1) is 19.8 Å². The lowest BCUT2D eigenvalue weighted by Gasteiger charge is -2.16. The summed E-state index contributed by atoms with van der Waals surface area (Å²) in [6.45, 7) is 2.58. The Balaban J connectivity index is 3.12. The van der Waals surface area contributed by atoms with Crippen LogP contribution in [0.2, 0.25) is 0 Å². The number of hydrogen-bond donors (Lipinski definition) is 1. The molecule has 0 radical (unpaired) electrons. The van der Waals surface area contributed by atoms with E-state index in [-0.39, 0.29) is 5.70 Å². The molecule has 1 aliphatic heterocycles. The molecule has 0 saturated carbocycles. The molecular weight excluding hydrogens is 222 g/mol. The minimum Gasteiger partial charge on any atom is -0.466 e. The summed E-state index contributed by atoms with van der Waals surface area (Å²) in [6.07, 6.45) is 3.13. The minimum atomic E-state index is -0.543. The Morgan fingerprint density at radius 1 is 1.24 bits per heavy atom. The highest BCUT2D eigenvalue weighted by molar-refractivity contribution is 6.00. The molecule has 1 aliphatic rings. The molecule has 0 aliphatic carbocycles. The van der Waals surface area contributed by atoms with Crippen molar-refractivity contribution in [1.29, 1.82) is 0 Å². The molecule has 0 aromatic carbocycles. The van der Waals surface area contributed by atoms with Crippen LogP contribution in [0.15, 0.2) is 22.9 Å². The van der Waals surface area contributed by atoms with Crippen molar-refractivity contribution in [1.82, 2.24) is 5.32 Å². The van der Waals surface area contributed by atoms with Crippen LogP contribution in [0.1, 0.15) is 19.8 Å². The van der Waals surface area contributed by atoms with E-state index in [1.54, 1.807) is 0 Å². The molecule has 0 amide bonds. The second-order valence-corrected chi connectivity index (χ2v) is 3.77. The largest absolute Gasteiger partial charge is 0.466 e. The summed E-state index contributed by atoms with van der Waals surface area (Å²) < 4.78 is 9.32. The van der Waals surface area contributed by atoms with E-state index in [9.17, 15) is 9.59 Å². The summed E-state index contributed by atoms with van der Waals surface area (Å²) >= 11 is 0. The molecule has 0 aromatic rings. The van der Waals surface area contributed by atoms with Crippen molar-refractivity contribution in [2.45, 2.75) is 19.8 Å². The molecule has 0 spiro atoms. The quantitative estimate of drug-likeness (QED) is 0.573. The third kappa shape index (κ3) is 3.34. The number of ether oxygens (including phenoxy) is 2. The van der Waals surface area contributed by atoms with E-state index >= 15 is 0 Å². The molecule has 0 unspecified atom stereocenters. The van der Waals surface area contributed by atoms with Gasteiger partial charge in [-0.1, -0.05) is 11.6 Å². The van der Waals surface area contributed by atoms with Gasteiger partial charge >= 0.3 is 11.9 Å². The van der Waals surface area contributed by atoms with Crippen LogP contribution < -0.4 is 5.32 Å². The van der Waals surface area contributed by atoms with E-state index < -0.39 is 11.9 Å². The second-order valence-electron chi connectivity index (χ2n) is 3.77.